The van der Waals surface area contributed by atoms with Crippen molar-refractivity contribution in [1.29, 1.82) is 0 Å². The summed E-state index contributed by atoms with van der Waals surface area (Å²) >= 11 is 0. The van der Waals surface area contributed by atoms with E-state index in [0.717, 1.165) is 12.1 Å². The van der Waals surface area contributed by atoms with Gasteiger partial charge in [-0.05, 0) is 25.2 Å². The van der Waals surface area contributed by atoms with E-state index in [4.69, 9.17) is 0 Å². The van der Waals surface area contributed by atoms with Crippen molar-refractivity contribution in [3.63, 3.8) is 0 Å². The fourth-order valence-electron chi connectivity index (χ4n) is 1.49. The van der Waals surface area contributed by atoms with E-state index in [1.165, 1.54) is 18.9 Å². The molecule has 0 bridgehead atoms. The van der Waals surface area contributed by atoms with Crippen molar-refractivity contribution in [1.82, 2.24) is 4.57 Å². The highest BCUT2D eigenvalue weighted by Gasteiger charge is 2.24. The third-order valence-electron chi connectivity index (χ3n) is 2.56. The van der Waals surface area contributed by atoms with Gasteiger partial charge in [-0.15, -0.1) is 0 Å². The molecule has 1 aromatic rings. The number of nitrogens with zero attached hydrogens (tertiary/aromatic N) is 1. The molecule has 0 aliphatic heterocycles. The number of rotatable bonds is 2. The molecule has 1 N–H and O–H groups in total. The van der Waals surface area contributed by atoms with E-state index in [0.29, 0.717) is 5.92 Å². The second-order valence-electron chi connectivity index (χ2n) is 3.73. The third-order valence-corrected chi connectivity index (χ3v) is 2.56. The summed E-state index contributed by atoms with van der Waals surface area (Å²) in [5.41, 5.74) is 0.503. The van der Waals surface area contributed by atoms with Gasteiger partial charge in [-0.2, -0.15) is 0 Å². The largest absolute Gasteiger partial charge is 0.503 e. The average molecular weight is 179 g/mol. The topological polar surface area (TPSA) is 42.2 Å². The first-order valence-corrected chi connectivity index (χ1v) is 4.56. The van der Waals surface area contributed by atoms with Gasteiger partial charge in [-0.25, -0.2) is 0 Å². The Labute approximate surface area is 76.6 Å². The first kappa shape index (κ1) is 8.35. The van der Waals surface area contributed by atoms with Crippen molar-refractivity contribution < 1.29 is 5.11 Å². The van der Waals surface area contributed by atoms with Crippen LogP contribution in [0.3, 0.4) is 0 Å². The van der Waals surface area contributed by atoms with Crippen LogP contribution >= 0.6 is 0 Å². The highest BCUT2D eigenvalue weighted by Crippen LogP contribution is 2.33. The van der Waals surface area contributed by atoms with Gasteiger partial charge < -0.3 is 9.67 Å². The summed E-state index contributed by atoms with van der Waals surface area (Å²) in [6, 6.07) is 1.39. The maximum absolute atomic E-state index is 11.1. The molecule has 13 heavy (non-hydrogen) atoms. The van der Waals surface area contributed by atoms with Crippen molar-refractivity contribution in [2.75, 3.05) is 0 Å². The minimum atomic E-state index is -0.270. The predicted molar refractivity (Wildman–Crippen MR) is 49.8 cm³/mol. The minimum absolute atomic E-state index is 0.0723. The van der Waals surface area contributed by atoms with E-state index in [1.54, 1.807) is 6.20 Å². The summed E-state index contributed by atoms with van der Waals surface area (Å²) in [6.45, 7) is 0. The molecule has 2 rings (SSSR count). The Hall–Kier alpha value is -1.25. The molecule has 1 aromatic heterocycles. The molecule has 70 valence electrons. The smallest absolute Gasteiger partial charge is 0.223 e. The lowest BCUT2D eigenvalue weighted by atomic mass is 10.2. The van der Waals surface area contributed by atoms with E-state index < -0.39 is 0 Å². The number of aromatic hydroxyl groups is 1. The highest BCUT2D eigenvalue weighted by atomic mass is 16.3. The van der Waals surface area contributed by atoms with Gasteiger partial charge in [-0.1, -0.05) is 0 Å². The summed E-state index contributed by atoms with van der Waals surface area (Å²) in [5, 5.41) is 9.52. The van der Waals surface area contributed by atoms with E-state index in [1.807, 2.05) is 11.6 Å². The fourth-order valence-corrected chi connectivity index (χ4v) is 1.49. The molecule has 1 aliphatic rings. The Morgan fingerprint density at radius 1 is 1.62 bits per heavy atom. The van der Waals surface area contributed by atoms with Gasteiger partial charge >= 0.3 is 0 Å². The van der Waals surface area contributed by atoms with E-state index in [9.17, 15) is 9.90 Å². The Kier molecular flexibility index (Phi) is 1.87. The van der Waals surface area contributed by atoms with Crippen LogP contribution in [-0.4, -0.2) is 9.67 Å². The maximum atomic E-state index is 11.1. The van der Waals surface area contributed by atoms with Gasteiger partial charge in [0.05, 0.1) is 5.69 Å². The molecule has 0 unspecified atom stereocenters. The van der Waals surface area contributed by atoms with Crippen molar-refractivity contribution >= 4 is 0 Å². The van der Waals surface area contributed by atoms with Gasteiger partial charge in [0.2, 0.25) is 5.43 Å². The number of hydrogen-bond acceptors (Lipinski definition) is 2. The Balaban J connectivity index is 2.39. The molecule has 0 radical (unpaired) electrons. The number of hydrogen-bond donors (Lipinski definition) is 1. The zero-order valence-electron chi connectivity index (χ0n) is 7.66. The summed E-state index contributed by atoms with van der Waals surface area (Å²) in [6.07, 6.45) is 4.99. The molecule has 1 aliphatic carbocycles. The van der Waals surface area contributed by atoms with Crippen LogP contribution in [0.15, 0.2) is 17.1 Å². The summed E-state index contributed by atoms with van der Waals surface area (Å²) < 4.78 is 1.83. The van der Waals surface area contributed by atoms with Crippen LogP contribution in [-0.2, 0) is 13.5 Å². The van der Waals surface area contributed by atoms with Crippen LogP contribution in [0.2, 0.25) is 0 Å². The van der Waals surface area contributed by atoms with Crippen molar-refractivity contribution in [2.24, 2.45) is 13.0 Å². The zero-order chi connectivity index (χ0) is 9.42. The van der Waals surface area contributed by atoms with E-state index >= 15 is 0 Å². The Bertz CT molecular complexity index is 377. The molecular weight excluding hydrogens is 166 g/mol. The quantitative estimate of drug-likeness (QED) is 0.737. The number of pyridine rings is 1. The van der Waals surface area contributed by atoms with Gasteiger partial charge in [0, 0.05) is 19.3 Å². The molecule has 1 heterocycles. The standard InChI is InChI=1S/C10H13NO2/c1-11-5-4-9(12)10(13)8(11)6-7-2-3-7/h4-5,7,13H,2-3,6H2,1H3. The maximum Gasteiger partial charge on any atom is 0.223 e. The van der Waals surface area contributed by atoms with Gasteiger partial charge in [0.1, 0.15) is 0 Å². The normalized spacial score (nSPS) is 16.1. The minimum Gasteiger partial charge on any atom is -0.503 e. The van der Waals surface area contributed by atoms with Crippen LogP contribution in [0.4, 0.5) is 0 Å². The van der Waals surface area contributed by atoms with Gasteiger partial charge in [0.15, 0.2) is 5.75 Å². The summed E-state index contributed by atoms with van der Waals surface area (Å²) in [4.78, 5) is 11.1. The molecule has 1 fully saturated rings. The van der Waals surface area contributed by atoms with Crippen LogP contribution < -0.4 is 5.43 Å². The Morgan fingerprint density at radius 2 is 2.31 bits per heavy atom. The fraction of sp³-hybridized carbons (Fsp3) is 0.500. The molecule has 3 heteroatoms. The molecule has 0 saturated heterocycles. The molecule has 0 aromatic carbocycles. The first-order chi connectivity index (χ1) is 6.18. The van der Waals surface area contributed by atoms with Crippen LogP contribution in [0.25, 0.3) is 0 Å². The average Bonchev–Trinajstić information content (AvgIpc) is 2.89. The van der Waals surface area contributed by atoms with Crippen molar-refractivity contribution in [2.45, 2.75) is 19.3 Å². The molecule has 0 atom stereocenters. The Morgan fingerprint density at radius 3 is 2.92 bits per heavy atom. The second kappa shape index (κ2) is 2.91. The monoisotopic (exact) mass is 179 g/mol. The van der Waals surface area contributed by atoms with Gasteiger partial charge in [0.25, 0.3) is 0 Å². The molecule has 0 amide bonds. The lowest BCUT2D eigenvalue weighted by Crippen LogP contribution is -2.10. The molecule has 3 nitrogen and oxygen atoms in total. The van der Waals surface area contributed by atoms with Gasteiger partial charge in [-0.3, -0.25) is 4.79 Å². The molecule has 1 saturated carbocycles. The lowest BCUT2D eigenvalue weighted by Gasteiger charge is -2.08. The van der Waals surface area contributed by atoms with Crippen LogP contribution in [0.1, 0.15) is 18.5 Å². The zero-order valence-corrected chi connectivity index (χ0v) is 7.66. The SMILES string of the molecule is Cn1ccc(=O)c(O)c1CC1CC1. The predicted octanol–water partition coefficient (Wildman–Crippen LogP) is 1.04. The van der Waals surface area contributed by atoms with Crippen LogP contribution in [0, 0.1) is 5.92 Å². The lowest BCUT2D eigenvalue weighted by molar-refractivity contribution is 0.450. The van der Waals surface area contributed by atoms with Crippen molar-refractivity contribution in [3.8, 4) is 5.75 Å². The number of aromatic nitrogens is 1. The van der Waals surface area contributed by atoms with E-state index in [-0.39, 0.29) is 11.2 Å². The van der Waals surface area contributed by atoms with Crippen LogP contribution in [0.5, 0.6) is 5.75 Å². The summed E-state index contributed by atoms with van der Waals surface area (Å²) in [7, 11) is 1.86. The molecule has 0 spiro atoms. The second-order valence-corrected chi connectivity index (χ2v) is 3.73. The van der Waals surface area contributed by atoms with Crippen molar-refractivity contribution in [3.05, 3.63) is 28.2 Å². The molecular formula is C10H13NO2. The summed E-state index contributed by atoms with van der Waals surface area (Å²) in [5.74, 6) is 0.607. The first-order valence-electron chi connectivity index (χ1n) is 4.56. The van der Waals surface area contributed by atoms with E-state index in [2.05, 4.69) is 0 Å². The highest BCUT2D eigenvalue weighted by molar-refractivity contribution is 5.27. The number of aryl methyl sites for hydroxylation is 1. The third kappa shape index (κ3) is 1.59.